The molecule has 2 aromatic heterocycles. The minimum atomic E-state index is 0.249. The van der Waals surface area contributed by atoms with E-state index in [2.05, 4.69) is 9.97 Å². The van der Waals surface area contributed by atoms with E-state index in [1.807, 2.05) is 24.1 Å². The fourth-order valence-electron chi connectivity index (χ4n) is 1.26. The van der Waals surface area contributed by atoms with Gasteiger partial charge in [0, 0.05) is 13.2 Å². The van der Waals surface area contributed by atoms with Crippen molar-refractivity contribution in [3.63, 3.8) is 0 Å². The Bertz CT molecular complexity index is 430. The summed E-state index contributed by atoms with van der Waals surface area (Å²) in [5, 5.41) is 0.249. The Kier molecular flexibility index (Phi) is 2.87. The van der Waals surface area contributed by atoms with Crippen LogP contribution in [0.5, 0.6) is 0 Å². The van der Waals surface area contributed by atoms with Crippen LogP contribution < -0.4 is 4.90 Å². The molecule has 0 unspecified atom stereocenters. The van der Waals surface area contributed by atoms with Gasteiger partial charge in [-0.05, 0) is 29.8 Å². The topological polar surface area (TPSA) is 42.2 Å². The average molecular weight is 224 g/mol. The summed E-state index contributed by atoms with van der Waals surface area (Å²) >= 11 is 5.70. The van der Waals surface area contributed by atoms with Crippen molar-refractivity contribution >= 4 is 17.4 Å². The van der Waals surface area contributed by atoms with Gasteiger partial charge in [-0.3, -0.25) is 0 Å². The number of halogens is 1. The highest BCUT2D eigenvalue weighted by molar-refractivity contribution is 6.28. The van der Waals surface area contributed by atoms with E-state index in [-0.39, 0.29) is 5.28 Å². The highest BCUT2D eigenvalue weighted by atomic mass is 35.5. The van der Waals surface area contributed by atoms with E-state index < -0.39 is 0 Å². The van der Waals surface area contributed by atoms with Gasteiger partial charge in [-0.2, -0.15) is 0 Å². The summed E-state index contributed by atoms with van der Waals surface area (Å²) in [6.07, 6.45) is 3.28. The lowest BCUT2D eigenvalue weighted by atomic mass is 10.4. The molecule has 0 spiro atoms. The standard InChI is InChI=1S/C10H10ClN3O/c1-14(7-8-3-2-6-15-8)9-4-5-12-10(11)13-9/h2-6H,7H2,1H3. The first-order valence-corrected chi connectivity index (χ1v) is 4.85. The van der Waals surface area contributed by atoms with E-state index in [0.29, 0.717) is 6.54 Å². The number of nitrogens with zero attached hydrogens (tertiary/aromatic N) is 3. The van der Waals surface area contributed by atoms with Crippen LogP contribution in [0.4, 0.5) is 5.82 Å². The van der Waals surface area contributed by atoms with Crippen LogP contribution in [0.25, 0.3) is 0 Å². The molecule has 0 aliphatic heterocycles. The van der Waals surface area contributed by atoms with Gasteiger partial charge in [0.1, 0.15) is 11.6 Å². The van der Waals surface area contributed by atoms with E-state index in [4.69, 9.17) is 16.0 Å². The van der Waals surface area contributed by atoms with E-state index in [1.165, 1.54) is 0 Å². The lowest BCUT2D eigenvalue weighted by molar-refractivity contribution is 0.507. The second kappa shape index (κ2) is 4.31. The summed E-state index contributed by atoms with van der Waals surface area (Å²) in [6.45, 7) is 0.653. The van der Waals surface area contributed by atoms with Gasteiger partial charge in [-0.1, -0.05) is 0 Å². The van der Waals surface area contributed by atoms with Crippen molar-refractivity contribution < 1.29 is 4.42 Å². The van der Waals surface area contributed by atoms with Crippen molar-refractivity contribution in [2.24, 2.45) is 0 Å². The molecule has 2 aromatic rings. The van der Waals surface area contributed by atoms with Crippen molar-refractivity contribution in [2.45, 2.75) is 6.54 Å². The Hall–Kier alpha value is -1.55. The van der Waals surface area contributed by atoms with E-state index in [0.717, 1.165) is 11.6 Å². The second-order valence-electron chi connectivity index (χ2n) is 3.12. The van der Waals surface area contributed by atoms with Crippen LogP contribution >= 0.6 is 11.6 Å². The third-order valence-corrected chi connectivity index (χ3v) is 2.16. The van der Waals surface area contributed by atoms with Crippen LogP contribution in [0.2, 0.25) is 5.28 Å². The molecule has 0 saturated heterocycles. The predicted octanol–water partition coefficient (Wildman–Crippen LogP) is 2.36. The lowest BCUT2D eigenvalue weighted by Gasteiger charge is -2.16. The van der Waals surface area contributed by atoms with Gasteiger partial charge in [0.15, 0.2) is 0 Å². The SMILES string of the molecule is CN(Cc1ccco1)c1ccnc(Cl)n1. The fourth-order valence-corrected chi connectivity index (χ4v) is 1.40. The molecule has 0 radical (unpaired) electrons. The summed E-state index contributed by atoms with van der Waals surface area (Å²) < 4.78 is 5.24. The minimum absolute atomic E-state index is 0.249. The maximum atomic E-state index is 5.70. The van der Waals surface area contributed by atoms with Crippen molar-refractivity contribution in [1.29, 1.82) is 0 Å². The molecule has 2 heterocycles. The van der Waals surface area contributed by atoms with Crippen LogP contribution in [0.15, 0.2) is 35.1 Å². The van der Waals surface area contributed by atoms with Crippen LogP contribution in [-0.2, 0) is 6.54 Å². The van der Waals surface area contributed by atoms with Crippen molar-refractivity contribution in [3.05, 3.63) is 41.7 Å². The van der Waals surface area contributed by atoms with Crippen LogP contribution in [0.3, 0.4) is 0 Å². The van der Waals surface area contributed by atoms with Crippen molar-refractivity contribution in [2.75, 3.05) is 11.9 Å². The molecule has 0 aliphatic rings. The van der Waals surface area contributed by atoms with Gasteiger partial charge in [0.2, 0.25) is 5.28 Å². The van der Waals surface area contributed by atoms with E-state index in [9.17, 15) is 0 Å². The summed E-state index contributed by atoms with van der Waals surface area (Å²) in [7, 11) is 1.92. The highest BCUT2D eigenvalue weighted by Crippen LogP contribution is 2.13. The van der Waals surface area contributed by atoms with Crippen molar-refractivity contribution in [3.8, 4) is 0 Å². The average Bonchev–Trinajstić information content (AvgIpc) is 2.70. The Balaban J connectivity index is 2.11. The molecule has 0 amide bonds. The van der Waals surface area contributed by atoms with Gasteiger partial charge < -0.3 is 9.32 Å². The molecule has 0 fully saturated rings. The second-order valence-corrected chi connectivity index (χ2v) is 3.46. The first-order chi connectivity index (χ1) is 7.25. The van der Waals surface area contributed by atoms with Gasteiger partial charge in [-0.15, -0.1) is 0 Å². The zero-order valence-corrected chi connectivity index (χ0v) is 8.98. The number of hydrogen-bond donors (Lipinski definition) is 0. The van der Waals surface area contributed by atoms with Crippen molar-refractivity contribution in [1.82, 2.24) is 9.97 Å². The van der Waals surface area contributed by atoms with Crippen LogP contribution in [0.1, 0.15) is 5.76 Å². The largest absolute Gasteiger partial charge is 0.467 e. The normalized spacial score (nSPS) is 10.3. The number of anilines is 1. The predicted molar refractivity (Wildman–Crippen MR) is 57.9 cm³/mol. The molecule has 0 aromatic carbocycles. The molecule has 5 heteroatoms. The molecule has 15 heavy (non-hydrogen) atoms. The molecule has 0 aliphatic carbocycles. The van der Waals surface area contributed by atoms with E-state index >= 15 is 0 Å². The molecular weight excluding hydrogens is 214 g/mol. The maximum absolute atomic E-state index is 5.70. The van der Waals surface area contributed by atoms with Gasteiger partial charge in [0.25, 0.3) is 0 Å². The van der Waals surface area contributed by atoms with Crippen LogP contribution in [0, 0.1) is 0 Å². The first-order valence-electron chi connectivity index (χ1n) is 4.48. The summed E-state index contributed by atoms with van der Waals surface area (Å²) in [5.41, 5.74) is 0. The molecular formula is C10H10ClN3O. The third-order valence-electron chi connectivity index (χ3n) is 1.98. The molecule has 0 N–H and O–H groups in total. The first kappa shape index (κ1) is 9.98. The zero-order valence-electron chi connectivity index (χ0n) is 8.22. The van der Waals surface area contributed by atoms with Crippen LogP contribution in [-0.4, -0.2) is 17.0 Å². The number of furan rings is 1. The molecule has 78 valence electrons. The minimum Gasteiger partial charge on any atom is -0.467 e. The Labute approximate surface area is 92.5 Å². The maximum Gasteiger partial charge on any atom is 0.224 e. The quantitative estimate of drug-likeness (QED) is 0.750. The molecule has 0 saturated carbocycles. The van der Waals surface area contributed by atoms with Gasteiger partial charge in [0.05, 0.1) is 12.8 Å². The lowest BCUT2D eigenvalue weighted by Crippen LogP contribution is -2.17. The molecule has 4 nitrogen and oxygen atoms in total. The third kappa shape index (κ3) is 2.47. The Morgan fingerprint density at radius 2 is 2.33 bits per heavy atom. The van der Waals surface area contributed by atoms with Gasteiger partial charge >= 0.3 is 0 Å². The summed E-state index contributed by atoms with van der Waals surface area (Å²) in [5.74, 6) is 1.65. The number of aromatic nitrogens is 2. The monoisotopic (exact) mass is 223 g/mol. The summed E-state index contributed by atoms with van der Waals surface area (Å²) in [4.78, 5) is 9.85. The fraction of sp³-hybridized carbons (Fsp3) is 0.200. The van der Waals surface area contributed by atoms with Gasteiger partial charge in [-0.25, -0.2) is 9.97 Å². The smallest absolute Gasteiger partial charge is 0.224 e. The van der Waals surface area contributed by atoms with E-state index in [1.54, 1.807) is 18.5 Å². The molecule has 0 atom stereocenters. The number of hydrogen-bond acceptors (Lipinski definition) is 4. The summed E-state index contributed by atoms with van der Waals surface area (Å²) in [6, 6.07) is 5.57. The zero-order chi connectivity index (χ0) is 10.7. The Morgan fingerprint density at radius 1 is 1.47 bits per heavy atom. The molecule has 0 bridgehead atoms. The highest BCUT2D eigenvalue weighted by Gasteiger charge is 2.05. The molecule has 2 rings (SSSR count). The number of rotatable bonds is 3. The Morgan fingerprint density at radius 3 is 3.00 bits per heavy atom.